The molecule has 4 rings (SSSR count). The average Bonchev–Trinajstić information content (AvgIpc) is 2.77. The average molecular weight is 402 g/mol. The van der Waals surface area contributed by atoms with Gasteiger partial charge in [-0.2, -0.15) is 0 Å². The fourth-order valence-electron chi connectivity index (χ4n) is 3.23. The van der Waals surface area contributed by atoms with E-state index in [-0.39, 0.29) is 5.91 Å². The van der Waals surface area contributed by atoms with Gasteiger partial charge in [0.1, 0.15) is 12.4 Å². The first-order chi connectivity index (χ1) is 14.2. The molecule has 3 nitrogen and oxygen atoms in total. The first-order valence-electron chi connectivity index (χ1n) is 9.42. The van der Waals surface area contributed by atoms with Crippen LogP contribution >= 0.6 is 11.6 Å². The summed E-state index contributed by atoms with van der Waals surface area (Å²) in [4.78, 5) is 12.6. The van der Waals surface area contributed by atoms with Crippen molar-refractivity contribution >= 4 is 28.3 Å². The van der Waals surface area contributed by atoms with E-state index in [0.29, 0.717) is 29.5 Å². The lowest BCUT2D eigenvalue weighted by Gasteiger charge is -2.11. The molecule has 0 bridgehead atoms. The summed E-state index contributed by atoms with van der Waals surface area (Å²) in [6.07, 6.45) is 0. The smallest absolute Gasteiger partial charge is 0.251 e. The highest BCUT2D eigenvalue weighted by Gasteiger charge is 2.09. The van der Waals surface area contributed by atoms with Gasteiger partial charge in [0.25, 0.3) is 5.91 Å². The number of fused-ring (bicyclic) bond motifs is 1. The fraction of sp³-hybridized carbons (Fsp3) is 0.0800. The van der Waals surface area contributed by atoms with E-state index in [9.17, 15) is 4.79 Å². The van der Waals surface area contributed by atoms with Crippen molar-refractivity contribution in [2.45, 2.75) is 13.2 Å². The number of ether oxygens (including phenoxy) is 1. The Hall–Kier alpha value is -3.30. The minimum atomic E-state index is -0.138. The Morgan fingerprint density at radius 3 is 2.45 bits per heavy atom. The minimum absolute atomic E-state index is 0.138. The summed E-state index contributed by atoms with van der Waals surface area (Å²) in [7, 11) is 0. The Kier molecular flexibility index (Phi) is 5.78. The van der Waals surface area contributed by atoms with Crippen LogP contribution in [0.15, 0.2) is 91.0 Å². The second-order valence-electron chi connectivity index (χ2n) is 6.73. The third kappa shape index (κ3) is 4.58. The van der Waals surface area contributed by atoms with Crippen LogP contribution in [-0.4, -0.2) is 5.91 Å². The molecule has 0 spiro atoms. The maximum Gasteiger partial charge on any atom is 0.251 e. The van der Waals surface area contributed by atoms with Gasteiger partial charge in [-0.3, -0.25) is 4.79 Å². The summed E-state index contributed by atoms with van der Waals surface area (Å²) >= 11 is 6.17. The Morgan fingerprint density at radius 1 is 0.828 bits per heavy atom. The molecule has 0 radical (unpaired) electrons. The molecule has 29 heavy (non-hydrogen) atoms. The highest BCUT2D eigenvalue weighted by molar-refractivity contribution is 6.31. The Balaban J connectivity index is 1.42. The molecule has 4 heteroatoms. The van der Waals surface area contributed by atoms with Crippen LogP contribution in [0.2, 0.25) is 5.02 Å². The highest BCUT2D eigenvalue weighted by Crippen LogP contribution is 2.20. The Morgan fingerprint density at radius 2 is 1.55 bits per heavy atom. The van der Waals surface area contributed by atoms with Gasteiger partial charge in [-0.05, 0) is 40.6 Å². The first-order valence-corrected chi connectivity index (χ1v) is 9.79. The van der Waals surface area contributed by atoms with Crippen LogP contribution in [0.25, 0.3) is 10.8 Å². The van der Waals surface area contributed by atoms with Crippen molar-refractivity contribution in [3.8, 4) is 5.75 Å². The molecule has 1 amide bonds. The van der Waals surface area contributed by atoms with E-state index in [0.717, 1.165) is 21.9 Å². The molecular weight excluding hydrogens is 382 g/mol. The summed E-state index contributed by atoms with van der Waals surface area (Å²) in [5.74, 6) is 0.490. The lowest BCUT2D eigenvalue weighted by Crippen LogP contribution is -2.22. The molecule has 0 aliphatic heterocycles. The number of amides is 1. The van der Waals surface area contributed by atoms with Gasteiger partial charge in [0.05, 0.1) is 0 Å². The Bertz CT molecular complexity index is 1150. The number of carbonyl (C=O) groups excluding carboxylic acids is 1. The van der Waals surface area contributed by atoms with E-state index in [1.165, 1.54) is 0 Å². The predicted molar refractivity (Wildman–Crippen MR) is 117 cm³/mol. The summed E-state index contributed by atoms with van der Waals surface area (Å²) < 4.78 is 5.82. The van der Waals surface area contributed by atoms with E-state index >= 15 is 0 Å². The van der Waals surface area contributed by atoms with Gasteiger partial charge in [-0.25, -0.2) is 0 Å². The molecule has 0 fully saturated rings. The van der Waals surface area contributed by atoms with Gasteiger partial charge in [0.2, 0.25) is 0 Å². The topological polar surface area (TPSA) is 38.3 Å². The largest absolute Gasteiger partial charge is 0.489 e. The zero-order chi connectivity index (χ0) is 20.1. The van der Waals surface area contributed by atoms with Gasteiger partial charge in [0, 0.05) is 22.7 Å². The molecule has 4 aromatic carbocycles. The molecule has 1 N–H and O–H groups in total. The van der Waals surface area contributed by atoms with Crippen LogP contribution in [0.4, 0.5) is 0 Å². The number of nitrogens with one attached hydrogen (secondary N) is 1. The van der Waals surface area contributed by atoms with Crippen molar-refractivity contribution in [2.75, 3.05) is 0 Å². The van der Waals surface area contributed by atoms with Gasteiger partial charge >= 0.3 is 0 Å². The number of hydrogen-bond donors (Lipinski definition) is 1. The first kappa shape index (κ1) is 19.0. The zero-order valence-corrected chi connectivity index (χ0v) is 16.5. The Labute approximate surface area is 174 Å². The molecule has 0 unspecified atom stereocenters. The van der Waals surface area contributed by atoms with Crippen molar-refractivity contribution in [2.24, 2.45) is 0 Å². The van der Waals surface area contributed by atoms with Crippen LogP contribution in [0.1, 0.15) is 21.5 Å². The summed E-state index contributed by atoms with van der Waals surface area (Å²) in [6.45, 7) is 0.811. The molecule has 0 saturated carbocycles. The van der Waals surface area contributed by atoms with E-state index in [2.05, 4.69) is 23.5 Å². The zero-order valence-electron chi connectivity index (χ0n) is 15.8. The lowest BCUT2D eigenvalue weighted by atomic mass is 10.0. The van der Waals surface area contributed by atoms with Crippen LogP contribution < -0.4 is 10.1 Å². The second-order valence-corrected chi connectivity index (χ2v) is 7.14. The molecule has 0 aliphatic carbocycles. The van der Waals surface area contributed by atoms with Crippen molar-refractivity contribution in [3.63, 3.8) is 0 Å². The molecule has 0 heterocycles. The maximum atomic E-state index is 12.6. The highest BCUT2D eigenvalue weighted by atomic mass is 35.5. The fourth-order valence-corrected chi connectivity index (χ4v) is 3.42. The quantitative estimate of drug-likeness (QED) is 0.430. The molecule has 0 aliphatic rings. The standard InChI is InChI=1S/C25H20ClNO2/c26-24-14-4-2-8-21(24)17-29-22-12-6-10-19(15-22)25(28)27-16-20-11-5-9-18-7-1-3-13-23(18)20/h1-15H,16-17H2,(H,27,28). The van der Waals surface area contributed by atoms with Gasteiger partial charge < -0.3 is 10.1 Å². The molecule has 0 atom stereocenters. The maximum absolute atomic E-state index is 12.6. The van der Waals surface area contributed by atoms with Gasteiger partial charge in [0.15, 0.2) is 0 Å². The molecule has 144 valence electrons. The minimum Gasteiger partial charge on any atom is -0.489 e. The predicted octanol–water partition coefficient (Wildman–Crippen LogP) is 6.00. The van der Waals surface area contributed by atoms with Crippen molar-refractivity contribution < 1.29 is 9.53 Å². The summed E-state index contributed by atoms with van der Waals surface area (Å²) in [6, 6.07) is 29.0. The summed E-state index contributed by atoms with van der Waals surface area (Å²) in [5.41, 5.74) is 2.55. The summed E-state index contributed by atoms with van der Waals surface area (Å²) in [5, 5.41) is 5.97. The number of rotatable bonds is 6. The third-order valence-electron chi connectivity index (χ3n) is 4.77. The molecular formula is C25H20ClNO2. The van der Waals surface area contributed by atoms with Crippen LogP contribution in [-0.2, 0) is 13.2 Å². The second kappa shape index (κ2) is 8.80. The van der Waals surface area contributed by atoms with Crippen LogP contribution in [0, 0.1) is 0 Å². The normalized spacial score (nSPS) is 10.7. The van der Waals surface area contributed by atoms with Gasteiger partial charge in [-0.1, -0.05) is 78.3 Å². The molecule has 0 saturated heterocycles. The van der Waals surface area contributed by atoms with E-state index in [1.54, 1.807) is 12.1 Å². The van der Waals surface area contributed by atoms with Crippen LogP contribution in [0.5, 0.6) is 5.75 Å². The molecule has 0 aromatic heterocycles. The van der Waals surface area contributed by atoms with E-state index < -0.39 is 0 Å². The third-order valence-corrected chi connectivity index (χ3v) is 5.14. The lowest BCUT2D eigenvalue weighted by molar-refractivity contribution is 0.0950. The number of halogens is 1. The monoisotopic (exact) mass is 401 g/mol. The SMILES string of the molecule is O=C(NCc1cccc2ccccc12)c1cccc(OCc2ccccc2Cl)c1. The van der Waals surface area contributed by atoms with Crippen molar-refractivity contribution in [3.05, 3.63) is 113 Å². The van der Waals surface area contributed by atoms with E-state index in [4.69, 9.17) is 16.3 Å². The van der Waals surface area contributed by atoms with Crippen molar-refractivity contribution in [1.29, 1.82) is 0 Å². The van der Waals surface area contributed by atoms with Crippen molar-refractivity contribution in [1.82, 2.24) is 5.32 Å². The van der Waals surface area contributed by atoms with Gasteiger partial charge in [-0.15, -0.1) is 0 Å². The number of hydrogen-bond acceptors (Lipinski definition) is 2. The van der Waals surface area contributed by atoms with Crippen LogP contribution in [0.3, 0.4) is 0 Å². The number of carbonyl (C=O) groups is 1. The number of benzene rings is 4. The molecule has 4 aromatic rings. The van der Waals surface area contributed by atoms with E-state index in [1.807, 2.05) is 60.7 Å².